The van der Waals surface area contributed by atoms with Gasteiger partial charge in [-0.25, -0.2) is 0 Å². The van der Waals surface area contributed by atoms with E-state index in [1.807, 2.05) is 0 Å². The van der Waals surface area contributed by atoms with Crippen LogP contribution in [0.1, 0.15) is 38.5 Å². The highest BCUT2D eigenvalue weighted by Crippen LogP contribution is 2.55. The Morgan fingerprint density at radius 3 is 2.22 bits per heavy atom. The van der Waals surface area contributed by atoms with Gasteiger partial charge in [0.2, 0.25) is 0 Å². The van der Waals surface area contributed by atoms with E-state index in [1.54, 1.807) is 0 Å². The molecule has 0 aliphatic heterocycles. The van der Waals surface area contributed by atoms with Gasteiger partial charge in [-0.05, 0) is 56.3 Å². The van der Waals surface area contributed by atoms with Gasteiger partial charge in [0, 0.05) is 5.54 Å². The quantitative estimate of drug-likeness (QED) is 0.533. The second-order valence-corrected chi connectivity index (χ2v) is 6.88. The average molecular weight is 253 g/mol. The first-order valence-electron chi connectivity index (χ1n) is 7.61. The summed E-state index contributed by atoms with van der Waals surface area (Å²) in [6.07, 6.45) is 8.05. The largest absolute Gasteiger partial charge is 0.353 e. The summed E-state index contributed by atoms with van der Waals surface area (Å²) >= 11 is 0. The molecule has 0 heterocycles. The highest BCUT2D eigenvalue weighted by molar-refractivity contribution is 5.77. The number of hydrogen-bond donors (Lipinski definition) is 3. The molecular formula is C14H27N3O+2. The third kappa shape index (κ3) is 2.41. The zero-order chi connectivity index (χ0) is 12.6. The molecule has 1 amide bonds. The van der Waals surface area contributed by atoms with E-state index in [0.29, 0.717) is 6.54 Å². The van der Waals surface area contributed by atoms with Crippen molar-refractivity contribution in [2.75, 3.05) is 19.6 Å². The van der Waals surface area contributed by atoms with Gasteiger partial charge in [-0.2, -0.15) is 0 Å². The summed E-state index contributed by atoms with van der Waals surface area (Å²) in [6, 6.07) is 0. The zero-order valence-electron chi connectivity index (χ0n) is 11.3. The Morgan fingerprint density at radius 2 is 1.72 bits per heavy atom. The van der Waals surface area contributed by atoms with Crippen molar-refractivity contribution in [3.8, 4) is 0 Å². The standard InChI is InChI=1S/C14H25N3O/c15-1-2-16-9-13(18)17-14-6-10-3-11(7-14)5-12(4-10)8-14/h10-12,16H,1-9,15H2,(H,17,18)/p+2. The van der Waals surface area contributed by atoms with E-state index in [-0.39, 0.29) is 11.4 Å². The van der Waals surface area contributed by atoms with Crippen molar-refractivity contribution in [1.82, 2.24) is 5.32 Å². The third-order valence-electron chi connectivity index (χ3n) is 5.18. The van der Waals surface area contributed by atoms with E-state index in [4.69, 9.17) is 0 Å². The fraction of sp³-hybridized carbons (Fsp3) is 0.929. The number of quaternary nitrogens is 2. The molecule has 4 aliphatic carbocycles. The first-order chi connectivity index (χ1) is 8.69. The van der Waals surface area contributed by atoms with Gasteiger partial charge >= 0.3 is 0 Å². The summed E-state index contributed by atoms with van der Waals surface area (Å²) in [4.78, 5) is 12.0. The first-order valence-corrected chi connectivity index (χ1v) is 7.61. The summed E-state index contributed by atoms with van der Waals surface area (Å²) in [5, 5.41) is 5.47. The average Bonchev–Trinajstić information content (AvgIpc) is 2.26. The summed E-state index contributed by atoms with van der Waals surface area (Å²) in [7, 11) is 0. The number of hydrogen-bond acceptors (Lipinski definition) is 1. The van der Waals surface area contributed by atoms with Crippen LogP contribution in [0.4, 0.5) is 0 Å². The van der Waals surface area contributed by atoms with Gasteiger partial charge in [-0.15, -0.1) is 0 Å². The predicted molar refractivity (Wildman–Crippen MR) is 68.5 cm³/mol. The molecule has 4 bridgehead atoms. The fourth-order valence-electron chi connectivity index (χ4n) is 4.99. The van der Waals surface area contributed by atoms with Crippen LogP contribution < -0.4 is 16.4 Å². The van der Waals surface area contributed by atoms with Gasteiger partial charge in [0.05, 0.1) is 0 Å². The van der Waals surface area contributed by atoms with Crippen LogP contribution in [-0.2, 0) is 4.79 Å². The third-order valence-corrected chi connectivity index (χ3v) is 5.18. The summed E-state index contributed by atoms with van der Waals surface area (Å²) < 4.78 is 0. The normalized spacial score (nSPS) is 41.1. The van der Waals surface area contributed by atoms with E-state index < -0.39 is 0 Å². The second kappa shape index (κ2) is 4.82. The number of carbonyl (C=O) groups excluding carboxylic acids is 1. The van der Waals surface area contributed by atoms with Crippen molar-refractivity contribution >= 4 is 5.91 Å². The lowest BCUT2D eigenvalue weighted by molar-refractivity contribution is -0.660. The maximum atomic E-state index is 12.0. The zero-order valence-corrected chi connectivity index (χ0v) is 11.3. The molecule has 0 aromatic rings. The maximum Gasteiger partial charge on any atom is 0.275 e. The minimum Gasteiger partial charge on any atom is -0.353 e. The fourth-order valence-corrected chi connectivity index (χ4v) is 4.99. The molecule has 0 saturated heterocycles. The smallest absolute Gasteiger partial charge is 0.275 e. The van der Waals surface area contributed by atoms with Crippen LogP contribution in [0.25, 0.3) is 0 Å². The minimum absolute atomic E-state index is 0.185. The second-order valence-electron chi connectivity index (χ2n) is 6.88. The molecule has 4 heteroatoms. The monoisotopic (exact) mass is 253 g/mol. The molecule has 0 radical (unpaired) electrons. The lowest BCUT2D eigenvalue weighted by atomic mass is 9.53. The Labute approximate surface area is 109 Å². The molecule has 0 spiro atoms. The lowest BCUT2D eigenvalue weighted by Crippen LogP contribution is -2.90. The van der Waals surface area contributed by atoms with Crippen LogP contribution in [-0.4, -0.2) is 31.1 Å². The minimum atomic E-state index is 0.185. The summed E-state index contributed by atoms with van der Waals surface area (Å²) in [6.45, 7) is 2.43. The highest BCUT2D eigenvalue weighted by Gasteiger charge is 2.51. The van der Waals surface area contributed by atoms with Crippen LogP contribution in [0.15, 0.2) is 0 Å². The molecule has 4 nitrogen and oxygen atoms in total. The van der Waals surface area contributed by atoms with Crippen LogP contribution in [0, 0.1) is 17.8 Å². The van der Waals surface area contributed by atoms with Crippen molar-refractivity contribution in [2.45, 2.75) is 44.1 Å². The molecule has 0 aromatic heterocycles. The van der Waals surface area contributed by atoms with Gasteiger partial charge < -0.3 is 16.4 Å². The molecule has 18 heavy (non-hydrogen) atoms. The van der Waals surface area contributed by atoms with Crippen molar-refractivity contribution in [3.63, 3.8) is 0 Å². The van der Waals surface area contributed by atoms with Crippen molar-refractivity contribution in [2.24, 2.45) is 17.8 Å². The number of nitrogens with two attached hydrogens (primary N) is 1. The first kappa shape index (κ1) is 12.4. The predicted octanol–water partition coefficient (Wildman–Crippen LogP) is -1.12. The Morgan fingerprint density at radius 1 is 1.17 bits per heavy atom. The van der Waals surface area contributed by atoms with Crippen molar-refractivity contribution in [1.29, 1.82) is 0 Å². The molecule has 0 aromatic carbocycles. The van der Waals surface area contributed by atoms with Gasteiger partial charge in [0.1, 0.15) is 13.1 Å². The van der Waals surface area contributed by atoms with Crippen molar-refractivity contribution < 1.29 is 15.8 Å². The van der Waals surface area contributed by atoms with E-state index in [1.165, 1.54) is 38.5 Å². The van der Waals surface area contributed by atoms with Gasteiger partial charge in [0.25, 0.3) is 5.91 Å². The molecule has 4 saturated carbocycles. The lowest BCUT2D eigenvalue weighted by Gasteiger charge is -2.56. The molecule has 102 valence electrons. The molecule has 6 N–H and O–H groups in total. The van der Waals surface area contributed by atoms with Gasteiger partial charge in [-0.3, -0.25) is 4.79 Å². The van der Waals surface area contributed by atoms with E-state index in [0.717, 1.165) is 30.8 Å². The molecule has 4 fully saturated rings. The summed E-state index contributed by atoms with van der Waals surface area (Å²) in [5.74, 6) is 2.95. The number of carbonyl (C=O) groups is 1. The van der Waals surface area contributed by atoms with E-state index >= 15 is 0 Å². The molecular weight excluding hydrogens is 226 g/mol. The Bertz CT molecular complexity index is 294. The maximum absolute atomic E-state index is 12.0. The molecule has 4 rings (SSSR count). The Balaban J connectivity index is 1.57. The molecule has 0 atom stereocenters. The van der Waals surface area contributed by atoms with Crippen LogP contribution in [0.3, 0.4) is 0 Å². The molecule has 4 aliphatic rings. The Hall–Kier alpha value is -0.610. The SMILES string of the molecule is [NH3+]CC[NH2+]CC(=O)NC12CC3CC(CC(C3)C1)C2. The van der Waals surface area contributed by atoms with Gasteiger partial charge in [0.15, 0.2) is 6.54 Å². The van der Waals surface area contributed by atoms with Crippen LogP contribution in [0.2, 0.25) is 0 Å². The van der Waals surface area contributed by atoms with Gasteiger partial charge in [-0.1, -0.05) is 0 Å². The number of rotatable bonds is 5. The topological polar surface area (TPSA) is 73.3 Å². The Kier molecular flexibility index (Phi) is 3.32. The van der Waals surface area contributed by atoms with Crippen LogP contribution in [0.5, 0.6) is 0 Å². The van der Waals surface area contributed by atoms with Crippen molar-refractivity contribution in [3.05, 3.63) is 0 Å². The number of amides is 1. The molecule has 0 unspecified atom stereocenters. The van der Waals surface area contributed by atoms with E-state index in [2.05, 4.69) is 16.4 Å². The number of nitrogens with one attached hydrogen (secondary N) is 1. The van der Waals surface area contributed by atoms with Crippen LogP contribution >= 0.6 is 0 Å². The van der Waals surface area contributed by atoms with E-state index in [9.17, 15) is 4.79 Å². The highest BCUT2D eigenvalue weighted by atomic mass is 16.2. The summed E-state index contributed by atoms with van der Waals surface area (Å²) in [5.41, 5.74) is 3.98.